The van der Waals surface area contributed by atoms with E-state index in [1.165, 1.54) is 30.1 Å². The normalized spacial score (nSPS) is 11.2. The molecule has 2 aromatic heterocycles. The average molecular weight is 385 g/mol. The van der Waals surface area contributed by atoms with Crippen LogP contribution in [0.2, 0.25) is 0 Å². The van der Waals surface area contributed by atoms with Crippen molar-refractivity contribution in [3.63, 3.8) is 0 Å². The lowest BCUT2D eigenvalue weighted by Crippen LogP contribution is -2.19. The first-order valence-electron chi connectivity index (χ1n) is 7.82. The predicted molar refractivity (Wildman–Crippen MR) is 99.8 cm³/mol. The second-order valence-corrected chi connectivity index (χ2v) is 6.52. The number of nitro benzene ring substituents is 1. The molecule has 0 atom stereocenters. The lowest BCUT2D eigenvalue weighted by molar-refractivity contribution is -0.384. The maximum absolute atomic E-state index is 11.9. The smallest absolute Gasteiger partial charge is 0.269 e. The third kappa shape index (κ3) is 4.64. The SMILES string of the molecule is Cc1cc(C)n2nc(SCC(=O)N/N=C/c3ccc([N+](=O)[O-])cc3)nc2n1. The van der Waals surface area contributed by atoms with Crippen LogP contribution in [0.3, 0.4) is 0 Å². The Bertz CT molecular complexity index is 1030. The van der Waals surface area contributed by atoms with Gasteiger partial charge in [0.15, 0.2) is 0 Å². The van der Waals surface area contributed by atoms with Gasteiger partial charge in [-0.3, -0.25) is 14.9 Å². The number of rotatable bonds is 6. The molecule has 0 fully saturated rings. The standard InChI is InChI=1S/C16H15N7O3S/c1-10-7-11(2)22-15(18-10)19-16(21-22)27-9-14(24)20-17-8-12-3-5-13(6-4-12)23(25)26/h3-8H,9H2,1-2H3,(H,20,24)/b17-8+. The van der Waals surface area contributed by atoms with Crippen LogP contribution in [0.4, 0.5) is 5.69 Å². The van der Waals surface area contributed by atoms with E-state index in [0.29, 0.717) is 16.5 Å². The van der Waals surface area contributed by atoms with E-state index in [9.17, 15) is 14.9 Å². The fourth-order valence-corrected chi connectivity index (χ4v) is 2.84. The number of hydrazone groups is 1. The fourth-order valence-electron chi connectivity index (χ4n) is 2.23. The van der Waals surface area contributed by atoms with Crippen molar-refractivity contribution in [3.05, 3.63) is 57.4 Å². The monoisotopic (exact) mass is 385 g/mol. The summed E-state index contributed by atoms with van der Waals surface area (Å²) in [7, 11) is 0. The summed E-state index contributed by atoms with van der Waals surface area (Å²) in [5.41, 5.74) is 4.78. The Hall–Kier alpha value is -3.34. The van der Waals surface area contributed by atoms with Gasteiger partial charge in [0.2, 0.25) is 5.16 Å². The number of fused-ring (bicyclic) bond motifs is 1. The number of nitrogens with one attached hydrogen (secondary N) is 1. The Morgan fingerprint density at radius 2 is 2.07 bits per heavy atom. The number of carbonyl (C=O) groups excluding carboxylic acids is 1. The summed E-state index contributed by atoms with van der Waals surface area (Å²) in [6.45, 7) is 3.79. The van der Waals surface area contributed by atoms with Crippen LogP contribution in [0.1, 0.15) is 17.0 Å². The molecule has 0 unspecified atom stereocenters. The molecular weight excluding hydrogens is 370 g/mol. The van der Waals surface area contributed by atoms with Gasteiger partial charge in [0.1, 0.15) is 0 Å². The summed E-state index contributed by atoms with van der Waals surface area (Å²) in [4.78, 5) is 30.6. The molecule has 10 nitrogen and oxygen atoms in total. The number of carbonyl (C=O) groups is 1. The highest BCUT2D eigenvalue weighted by atomic mass is 32.2. The number of benzene rings is 1. The van der Waals surface area contributed by atoms with E-state index in [4.69, 9.17) is 0 Å². The average Bonchev–Trinajstić information content (AvgIpc) is 3.03. The molecule has 1 N–H and O–H groups in total. The minimum absolute atomic E-state index is 0.00698. The van der Waals surface area contributed by atoms with Gasteiger partial charge in [0, 0.05) is 23.5 Å². The van der Waals surface area contributed by atoms with Crippen LogP contribution in [-0.2, 0) is 4.79 Å². The summed E-state index contributed by atoms with van der Waals surface area (Å²) in [5, 5.41) is 19.2. The first-order valence-corrected chi connectivity index (χ1v) is 8.81. The third-order valence-corrected chi connectivity index (χ3v) is 4.28. The van der Waals surface area contributed by atoms with Gasteiger partial charge in [-0.05, 0) is 37.6 Å². The highest BCUT2D eigenvalue weighted by Gasteiger charge is 2.10. The molecule has 0 aliphatic carbocycles. The van der Waals surface area contributed by atoms with Crippen molar-refractivity contribution in [1.82, 2.24) is 25.0 Å². The van der Waals surface area contributed by atoms with Crippen LogP contribution in [0.5, 0.6) is 0 Å². The summed E-state index contributed by atoms with van der Waals surface area (Å²) < 4.78 is 1.62. The molecule has 0 aliphatic rings. The van der Waals surface area contributed by atoms with E-state index >= 15 is 0 Å². The minimum Gasteiger partial charge on any atom is -0.272 e. The molecule has 0 saturated heterocycles. The Morgan fingerprint density at radius 3 is 2.78 bits per heavy atom. The molecule has 0 spiro atoms. The number of hydrogen-bond acceptors (Lipinski definition) is 8. The van der Waals surface area contributed by atoms with Crippen LogP contribution >= 0.6 is 11.8 Å². The largest absolute Gasteiger partial charge is 0.272 e. The van der Waals surface area contributed by atoms with Crippen LogP contribution in [0.25, 0.3) is 5.78 Å². The van der Waals surface area contributed by atoms with Crippen molar-refractivity contribution in [3.8, 4) is 0 Å². The number of nitrogens with zero attached hydrogens (tertiary/aromatic N) is 6. The summed E-state index contributed by atoms with van der Waals surface area (Å²) in [5.74, 6) is 0.261. The lowest BCUT2D eigenvalue weighted by atomic mass is 10.2. The number of non-ortho nitro benzene ring substituents is 1. The van der Waals surface area contributed by atoms with E-state index in [0.717, 1.165) is 11.4 Å². The molecule has 0 radical (unpaired) electrons. The van der Waals surface area contributed by atoms with Crippen molar-refractivity contribution in [2.24, 2.45) is 5.10 Å². The number of amides is 1. The van der Waals surface area contributed by atoms with Crippen molar-refractivity contribution < 1.29 is 9.72 Å². The first-order chi connectivity index (χ1) is 12.9. The third-order valence-electron chi connectivity index (χ3n) is 3.44. The molecule has 2 heterocycles. The molecule has 1 aromatic carbocycles. The zero-order valence-corrected chi connectivity index (χ0v) is 15.3. The van der Waals surface area contributed by atoms with Gasteiger partial charge in [-0.15, -0.1) is 5.10 Å². The van der Waals surface area contributed by atoms with E-state index < -0.39 is 4.92 Å². The van der Waals surface area contributed by atoms with Gasteiger partial charge in [0.25, 0.3) is 17.4 Å². The van der Waals surface area contributed by atoms with Gasteiger partial charge >= 0.3 is 0 Å². The van der Waals surface area contributed by atoms with Crippen LogP contribution in [0.15, 0.2) is 40.6 Å². The Labute approximate surface area is 157 Å². The molecule has 3 aromatic rings. The molecule has 1 amide bonds. The molecular formula is C16H15N7O3S. The van der Waals surface area contributed by atoms with Crippen molar-refractivity contribution in [2.75, 3.05) is 5.75 Å². The van der Waals surface area contributed by atoms with Gasteiger partial charge in [-0.1, -0.05) is 11.8 Å². The quantitative estimate of drug-likeness (QED) is 0.297. The maximum Gasteiger partial charge on any atom is 0.269 e. The lowest BCUT2D eigenvalue weighted by Gasteiger charge is -1.98. The summed E-state index contributed by atoms with van der Waals surface area (Å²) in [6.07, 6.45) is 1.41. The highest BCUT2D eigenvalue weighted by molar-refractivity contribution is 7.99. The van der Waals surface area contributed by atoms with Gasteiger partial charge in [0.05, 0.1) is 16.9 Å². The highest BCUT2D eigenvalue weighted by Crippen LogP contribution is 2.15. The molecule has 11 heteroatoms. The molecule has 0 saturated carbocycles. The molecule has 3 rings (SSSR count). The number of aromatic nitrogens is 4. The number of aryl methyl sites for hydroxylation is 2. The first kappa shape index (κ1) is 18.5. The van der Waals surface area contributed by atoms with Crippen LogP contribution in [0, 0.1) is 24.0 Å². The van der Waals surface area contributed by atoms with Gasteiger partial charge in [-0.2, -0.15) is 10.1 Å². The Balaban J connectivity index is 1.53. The number of thioether (sulfide) groups is 1. The molecule has 138 valence electrons. The minimum atomic E-state index is -0.481. The predicted octanol–water partition coefficient (Wildman–Crippen LogP) is 1.89. The van der Waals surface area contributed by atoms with E-state index in [2.05, 4.69) is 25.6 Å². The Morgan fingerprint density at radius 1 is 1.33 bits per heavy atom. The van der Waals surface area contributed by atoms with E-state index in [-0.39, 0.29) is 17.3 Å². The van der Waals surface area contributed by atoms with Crippen molar-refractivity contribution in [1.29, 1.82) is 0 Å². The van der Waals surface area contributed by atoms with Crippen molar-refractivity contribution in [2.45, 2.75) is 19.0 Å². The van der Waals surface area contributed by atoms with Crippen molar-refractivity contribution >= 4 is 35.3 Å². The summed E-state index contributed by atoms with van der Waals surface area (Å²) in [6, 6.07) is 7.72. The topological polar surface area (TPSA) is 128 Å². The second-order valence-electron chi connectivity index (χ2n) is 5.58. The van der Waals surface area contributed by atoms with E-state index in [1.54, 1.807) is 16.6 Å². The molecule has 0 aliphatic heterocycles. The van der Waals surface area contributed by atoms with Crippen LogP contribution in [-0.4, -0.2) is 42.4 Å². The zero-order chi connectivity index (χ0) is 19.4. The summed E-state index contributed by atoms with van der Waals surface area (Å²) >= 11 is 1.18. The van der Waals surface area contributed by atoms with Crippen LogP contribution < -0.4 is 5.43 Å². The Kier molecular flexibility index (Phi) is 5.41. The molecule has 27 heavy (non-hydrogen) atoms. The van der Waals surface area contributed by atoms with E-state index in [1.807, 2.05) is 19.9 Å². The fraction of sp³-hybridized carbons (Fsp3) is 0.188. The second kappa shape index (κ2) is 7.91. The number of nitro groups is 1. The molecule has 0 bridgehead atoms. The number of hydrogen-bond donors (Lipinski definition) is 1. The van der Waals surface area contributed by atoms with Gasteiger partial charge < -0.3 is 0 Å². The zero-order valence-electron chi connectivity index (χ0n) is 14.5. The maximum atomic E-state index is 11.9. The van der Waals surface area contributed by atoms with Gasteiger partial charge in [-0.25, -0.2) is 14.9 Å².